The molecule has 7 atom stereocenters. The molecule has 0 spiro atoms. The van der Waals surface area contributed by atoms with Crippen LogP contribution in [0.3, 0.4) is 0 Å². The molecule has 0 unspecified atom stereocenters. The molecule has 0 amide bonds. The number of rotatable bonds is 6. The van der Waals surface area contributed by atoms with Gasteiger partial charge in [-0.05, 0) is 105 Å². The van der Waals surface area contributed by atoms with Crippen LogP contribution in [0.5, 0.6) is 0 Å². The summed E-state index contributed by atoms with van der Waals surface area (Å²) in [5.74, 6) is 5.78. The zero-order valence-electron chi connectivity index (χ0n) is 22.8. The Kier molecular flexibility index (Phi) is 6.73. The number of allylic oxidation sites excluding steroid dienone is 3. The Bertz CT molecular complexity index is 817. The summed E-state index contributed by atoms with van der Waals surface area (Å²) in [5.41, 5.74) is 2.04. The second-order valence-corrected chi connectivity index (χ2v) is 13.7. The molecule has 4 aliphatic carbocycles. The molecule has 186 valence electrons. The van der Waals surface area contributed by atoms with E-state index in [4.69, 9.17) is 4.74 Å². The fourth-order valence-corrected chi connectivity index (χ4v) is 9.24. The number of esters is 1. The average molecular weight is 455 g/mol. The molecule has 0 saturated heterocycles. The number of hydrogen-bond acceptors (Lipinski definition) is 2. The van der Waals surface area contributed by atoms with Crippen molar-refractivity contribution in [3.63, 3.8) is 0 Å². The van der Waals surface area contributed by atoms with Crippen molar-refractivity contribution in [1.82, 2.24) is 0 Å². The highest BCUT2D eigenvalue weighted by atomic mass is 16.5. The zero-order chi connectivity index (χ0) is 24.2. The van der Waals surface area contributed by atoms with E-state index in [9.17, 15) is 4.79 Å². The van der Waals surface area contributed by atoms with Crippen LogP contribution in [0, 0.1) is 51.8 Å². The van der Waals surface area contributed by atoms with E-state index in [0.29, 0.717) is 5.41 Å². The third-order valence-electron chi connectivity index (χ3n) is 10.9. The van der Waals surface area contributed by atoms with E-state index in [-0.39, 0.29) is 16.8 Å². The van der Waals surface area contributed by atoms with Gasteiger partial charge in [-0.1, -0.05) is 65.5 Å². The summed E-state index contributed by atoms with van der Waals surface area (Å²) in [4.78, 5) is 11.7. The van der Waals surface area contributed by atoms with Crippen molar-refractivity contribution < 1.29 is 9.53 Å². The molecule has 0 bridgehead atoms. The summed E-state index contributed by atoms with van der Waals surface area (Å²) in [6, 6.07) is 0. The molecule has 0 heterocycles. The quantitative estimate of drug-likeness (QED) is 0.296. The average Bonchev–Trinajstić information content (AvgIpc) is 3.07. The first-order valence-electron chi connectivity index (χ1n) is 14.0. The van der Waals surface area contributed by atoms with Gasteiger partial charge in [0.25, 0.3) is 0 Å². The maximum Gasteiger partial charge on any atom is 0.307 e. The van der Waals surface area contributed by atoms with Crippen LogP contribution in [0.15, 0.2) is 23.5 Å². The van der Waals surface area contributed by atoms with E-state index in [1.54, 1.807) is 0 Å². The normalized spacial score (nSPS) is 40.3. The topological polar surface area (TPSA) is 26.3 Å². The number of carbonyl (C=O) groups is 1. The third-order valence-corrected chi connectivity index (χ3v) is 10.9. The molecule has 4 rings (SSSR count). The Morgan fingerprint density at radius 2 is 1.70 bits per heavy atom. The summed E-state index contributed by atoms with van der Waals surface area (Å²) < 4.78 is 5.69. The first-order valence-corrected chi connectivity index (χ1v) is 14.0. The van der Waals surface area contributed by atoms with Crippen LogP contribution < -0.4 is 0 Å². The molecule has 0 N–H and O–H groups in total. The predicted molar refractivity (Wildman–Crippen MR) is 137 cm³/mol. The minimum Gasteiger partial charge on any atom is -0.431 e. The van der Waals surface area contributed by atoms with Gasteiger partial charge < -0.3 is 4.74 Å². The molecule has 0 aromatic heterocycles. The number of carbonyl (C=O) groups excluding carboxylic acids is 1. The predicted octanol–water partition coefficient (Wildman–Crippen LogP) is 8.72. The van der Waals surface area contributed by atoms with E-state index < -0.39 is 0 Å². The molecule has 0 aliphatic heterocycles. The largest absolute Gasteiger partial charge is 0.431 e. The van der Waals surface area contributed by atoms with Crippen LogP contribution in [0.25, 0.3) is 0 Å². The molecule has 2 heteroatoms. The molecule has 4 aliphatic rings. The third kappa shape index (κ3) is 4.16. The Hall–Kier alpha value is -1.05. The van der Waals surface area contributed by atoms with Gasteiger partial charge in [-0.3, -0.25) is 4.79 Å². The summed E-state index contributed by atoms with van der Waals surface area (Å²) in [5, 5.41) is 0. The molecule has 0 aromatic carbocycles. The SMILES string of the molecule is CC(=O)OC1=CC[C@@]2(C)C(=CC[C@@H]3[C@@H]2CC[C@H]2[C@@H]([C@H](C)CCCC(C)C)CC[C@]32C)C1(C)C. The van der Waals surface area contributed by atoms with Gasteiger partial charge in [-0.2, -0.15) is 0 Å². The van der Waals surface area contributed by atoms with E-state index in [1.165, 1.54) is 63.9 Å². The van der Waals surface area contributed by atoms with Crippen LogP contribution >= 0.6 is 0 Å². The molecule has 2 nitrogen and oxygen atoms in total. The van der Waals surface area contributed by atoms with Gasteiger partial charge in [0.2, 0.25) is 0 Å². The summed E-state index contributed by atoms with van der Waals surface area (Å²) in [6.07, 6.45) is 16.9. The van der Waals surface area contributed by atoms with Crippen LogP contribution in [-0.2, 0) is 9.53 Å². The Morgan fingerprint density at radius 1 is 1.00 bits per heavy atom. The lowest BCUT2D eigenvalue weighted by atomic mass is 9.44. The van der Waals surface area contributed by atoms with Gasteiger partial charge in [-0.25, -0.2) is 0 Å². The summed E-state index contributed by atoms with van der Waals surface area (Å²) in [7, 11) is 0. The van der Waals surface area contributed by atoms with Gasteiger partial charge >= 0.3 is 5.97 Å². The minimum atomic E-state index is -0.195. The van der Waals surface area contributed by atoms with Gasteiger partial charge in [0.15, 0.2) is 0 Å². The van der Waals surface area contributed by atoms with E-state index >= 15 is 0 Å². The van der Waals surface area contributed by atoms with Gasteiger partial charge in [0, 0.05) is 12.3 Å². The van der Waals surface area contributed by atoms with Crippen LogP contribution in [0.4, 0.5) is 0 Å². The van der Waals surface area contributed by atoms with Gasteiger partial charge in [-0.15, -0.1) is 0 Å². The molecule has 2 saturated carbocycles. The highest BCUT2D eigenvalue weighted by Gasteiger charge is 2.61. The lowest BCUT2D eigenvalue weighted by Gasteiger charge is -2.60. The monoisotopic (exact) mass is 454 g/mol. The lowest BCUT2D eigenvalue weighted by molar-refractivity contribution is -0.139. The fraction of sp³-hybridized carbons (Fsp3) is 0.839. The Balaban J connectivity index is 1.55. The van der Waals surface area contributed by atoms with Gasteiger partial charge in [0.05, 0.1) is 0 Å². The zero-order valence-corrected chi connectivity index (χ0v) is 22.8. The maximum absolute atomic E-state index is 11.7. The maximum atomic E-state index is 11.7. The van der Waals surface area contributed by atoms with Crippen LogP contribution in [-0.4, -0.2) is 5.97 Å². The van der Waals surface area contributed by atoms with E-state index in [0.717, 1.165) is 47.7 Å². The highest BCUT2D eigenvalue weighted by molar-refractivity contribution is 5.68. The highest BCUT2D eigenvalue weighted by Crippen LogP contribution is 2.69. The second-order valence-electron chi connectivity index (χ2n) is 13.7. The molecule has 2 fully saturated rings. The van der Waals surface area contributed by atoms with Crippen molar-refractivity contribution in [2.75, 3.05) is 0 Å². The van der Waals surface area contributed by atoms with Crippen molar-refractivity contribution in [2.45, 2.75) is 113 Å². The molecular formula is C31H50O2. The lowest BCUT2D eigenvalue weighted by Crippen LogP contribution is -2.53. The van der Waals surface area contributed by atoms with Crippen molar-refractivity contribution in [2.24, 2.45) is 51.8 Å². The minimum absolute atomic E-state index is 0.190. The van der Waals surface area contributed by atoms with E-state index in [2.05, 4.69) is 60.6 Å². The standard InChI is InChI=1S/C31H50O2/c1-20(2)10-9-11-21(3)23-16-18-30(7)24(23)12-13-26-25(30)14-15-27-29(5,6)28(33-22(4)32)17-19-31(26,27)8/h15,17,20-21,23-26H,9-14,16,18-19H2,1-8H3/t21-,23-,24+,25-,26+,30+,31-/m1/s1. The van der Waals surface area contributed by atoms with Crippen LogP contribution in [0.2, 0.25) is 0 Å². The number of ether oxygens (including phenoxy) is 1. The fourth-order valence-electron chi connectivity index (χ4n) is 9.24. The van der Waals surface area contributed by atoms with Crippen molar-refractivity contribution in [1.29, 1.82) is 0 Å². The molecular weight excluding hydrogens is 404 g/mol. The van der Waals surface area contributed by atoms with Crippen molar-refractivity contribution >= 4 is 5.97 Å². The first-order chi connectivity index (χ1) is 15.4. The van der Waals surface area contributed by atoms with Crippen molar-refractivity contribution in [3.8, 4) is 0 Å². The second kappa shape index (κ2) is 8.87. The van der Waals surface area contributed by atoms with Gasteiger partial charge in [0.1, 0.15) is 5.76 Å². The Morgan fingerprint density at radius 3 is 2.36 bits per heavy atom. The summed E-state index contributed by atoms with van der Waals surface area (Å²) in [6.45, 7) is 18.6. The number of hydrogen-bond donors (Lipinski definition) is 0. The van der Waals surface area contributed by atoms with E-state index in [1.807, 2.05) is 0 Å². The Labute approximate surface area is 204 Å². The van der Waals surface area contributed by atoms with Crippen molar-refractivity contribution in [3.05, 3.63) is 23.5 Å². The smallest absolute Gasteiger partial charge is 0.307 e. The molecule has 33 heavy (non-hydrogen) atoms. The van der Waals surface area contributed by atoms with Crippen LogP contribution in [0.1, 0.15) is 113 Å². The summed E-state index contributed by atoms with van der Waals surface area (Å²) >= 11 is 0. The molecule has 0 aromatic rings. The molecule has 0 radical (unpaired) electrons. The first kappa shape index (κ1) is 25.1. The number of fused-ring (bicyclic) bond motifs is 5.